The highest BCUT2D eigenvalue weighted by molar-refractivity contribution is 6.33. The van der Waals surface area contributed by atoms with Crippen LogP contribution in [0.3, 0.4) is 0 Å². The van der Waals surface area contributed by atoms with Gasteiger partial charge in [-0.05, 0) is 36.4 Å². The zero-order chi connectivity index (χ0) is 13.1. The van der Waals surface area contributed by atoms with E-state index in [1.54, 1.807) is 36.4 Å². The van der Waals surface area contributed by atoms with Gasteiger partial charge in [-0.2, -0.15) is 0 Å². The third-order valence-corrected chi connectivity index (χ3v) is 2.85. The summed E-state index contributed by atoms with van der Waals surface area (Å²) in [4.78, 5) is 10.4. The Hall–Kier alpha value is -1.78. The van der Waals surface area contributed by atoms with E-state index in [0.29, 0.717) is 16.4 Å². The van der Waals surface area contributed by atoms with E-state index in [9.17, 15) is 10.1 Å². The van der Waals surface area contributed by atoms with Crippen LogP contribution >= 0.6 is 23.2 Å². The molecule has 2 aromatic rings. The third kappa shape index (κ3) is 2.72. The third-order valence-electron chi connectivity index (χ3n) is 2.29. The van der Waals surface area contributed by atoms with Gasteiger partial charge in [0.15, 0.2) is 0 Å². The minimum absolute atomic E-state index is 0.0963. The fraction of sp³-hybridized carbons (Fsp3) is 0. The fourth-order valence-corrected chi connectivity index (χ4v) is 1.86. The summed E-state index contributed by atoms with van der Waals surface area (Å²) in [7, 11) is 0. The SMILES string of the molecule is O=[N+]([O-])c1c(Cl)cccc1Nc1ccc(Cl)cc1. The van der Waals surface area contributed by atoms with E-state index in [2.05, 4.69) is 5.32 Å². The number of nitrogens with one attached hydrogen (secondary N) is 1. The lowest BCUT2D eigenvalue weighted by Crippen LogP contribution is -1.97. The number of nitro groups is 1. The number of nitrogens with zero attached hydrogens (tertiary/aromatic N) is 1. The second-order valence-electron chi connectivity index (χ2n) is 3.53. The summed E-state index contributed by atoms with van der Waals surface area (Å²) in [5.74, 6) is 0. The van der Waals surface area contributed by atoms with Crippen LogP contribution in [-0.4, -0.2) is 4.92 Å². The standard InChI is InChI=1S/C12H8Cl2N2O2/c13-8-4-6-9(7-5-8)15-11-3-1-2-10(14)12(11)16(17)18/h1-7,15H. The smallest absolute Gasteiger partial charge is 0.311 e. The monoisotopic (exact) mass is 282 g/mol. The van der Waals surface area contributed by atoms with Gasteiger partial charge in [-0.15, -0.1) is 0 Å². The topological polar surface area (TPSA) is 55.2 Å². The molecule has 0 saturated heterocycles. The molecule has 0 aliphatic heterocycles. The van der Waals surface area contributed by atoms with E-state index in [1.165, 1.54) is 6.07 Å². The lowest BCUT2D eigenvalue weighted by atomic mass is 10.2. The summed E-state index contributed by atoms with van der Waals surface area (Å²) in [6.45, 7) is 0. The van der Waals surface area contributed by atoms with Crippen molar-refractivity contribution < 1.29 is 4.92 Å². The van der Waals surface area contributed by atoms with Gasteiger partial charge in [-0.1, -0.05) is 29.3 Å². The van der Waals surface area contributed by atoms with Crippen molar-refractivity contribution in [1.82, 2.24) is 0 Å². The summed E-state index contributed by atoms with van der Waals surface area (Å²) in [6.07, 6.45) is 0. The molecule has 1 N–H and O–H groups in total. The van der Waals surface area contributed by atoms with Crippen LogP contribution < -0.4 is 5.32 Å². The van der Waals surface area contributed by atoms with Crippen molar-refractivity contribution in [2.24, 2.45) is 0 Å². The van der Waals surface area contributed by atoms with Gasteiger partial charge in [0.25, 0.3) is 0 Å². The second-order valence-corrected chi connectivity index (χ2v) is 4.37. The van der Waals surface area contributed by atoms with Gasteiger partial charge in [0.05, 0.1) is 4.92 Å². The molecule has 18 heavy (non-hydrogen) atoms. The van der Waals surface area contributed by atoms with Crippen LogP contribution in [0.25, 0.3) is 0 Å². The number of hydrogen-bond donors (Lipinski definition) is 1. The molecule has 4 nitrogen and oxygen atoms in total. The molecule has 0 amide bonds. The molecule has 0 aliphatic rings. The van der Waals surface area contributed by atoms with Gasteiger partial charge < -0.3 is 5.32 Å². The lowest BCUT2D eigenvalue weighted by Gasteiger charge is -2.07. The lowest BCUT2D eigenvalue weighted by molar-refractivity contribution is -0.383. The Balaban J connectivity index is 2.37. The van der Waals surface area contributed by atoms with E-state index in [-0.39, 0.29) is 10.7 Å². The molecule has 2 aromatic carbocycles. The molecule has 0 radical (unpaired) electrons. The largest absolute Gasteiger partial charge is 0.350 e. The highest BCUT2D eigenvalue weighted by Crippen LogP contribution is 2.34. The normalized spacial score (nSPS) is 10.1. The Bertz CT molecular complexity index is 585. The first kappa shape index (κ1) is 12.7. The molecule has 0 unspecified atom stereocenters. The number of nitro benzene ring substituents is 1. The van der Waals surface area contributed by atoms with E-state index in [1.807, 2.05) is 0 Å². The Labute approximate surface area is 113 Å². The van der Waals surface area contributed by atoms with Crippen LogP contribution in [-0.2, 0) is 0 Å². The first-order chi connectivity index (χ1) is 8.58. The maximum absolute atomic E-state index is 10.9. The van der Waals surface area contributed by atoms with Crippen molar-refractivity contribution in [1.29, 1.82) is 0 Å². The number of benzene rings is 2. The van der Waals surface area contributed by atoms with Crippen LogP contribution in [0.2, 0.25) is 10.0 Å². The summed E-state index contributed by atoms with van der Waals surface area (Å²) < 4.78 is 0. The zero-order valence-electron chi connectivity index (χ0n) is 9.06. The molecule has 0 bridgehead atoms. The second kappa shape index (κ2) is 5.25. The molecule has 0 fully saturated rings. The molecule has 2 rings (SSSR count). The van der Waals surface area contributed by atoms with Crippen molar-refractivity contribution in [2.45, 2.75) is 0 Å². The molecule has 6 heteroatoms. The first-order valence-electron chi connectivity index (χ1n) is 5.03. The molecule has 0 atom stereocenters. The average molecular weight is 283 g/mol. The van der Waals surface area contributed by atoms with E-state index in [4.69, 9.17) is 23.2 Å². The number of halogens is 2. The van der Waals surface area contributed by atoms with Crippen molar-refractivity contribution >= 4 is 40.3 Å². The minimum atomic E-state index is -0.513. The van der Waals surface area contributed by atoms with Gasteiger partial charge in [0, 0.05) is 10.7 Å². The van der Waals surface area contributed by atoms with E-state index < -0.39 is 4.92 Å². The van der Waals surface area contributed by atoms with E-state index >= 15 is 0 Å². The molecular weight excluding hydrogens is 275 g/mol. The maximum atomic E-state index is 10.9. The van der Waals surface area contributed by atoms with Crippen molar-refractivity contribution in [2.75, 3.05) is 5.32 Å². The van der Waals surface area contributed by atoms with Crippen molar-refractivity contribution in [3.05, 3.63) is 62.6 Å². The summed E-state index contributed by atoms with van der Waals surface area (Å²) >= 11 is 11.6. The van der Waals surface area contributed by atoms with Crippen molar-refractivity contribution in [3.63, 3.8) is 0 Å². The predicted molar refractivity (Wildman–Crippen MR) is 72.8 cm³/mol. The first-order valence-corrected chi connectivity index (χ1v) is 5.79. The highest BCUT2D eigenvalue weighted by Gasteiger charge is 2.18. The molecule has 92 valence electrons. The molecule has 0 spiro atoms. The summed E-state index contributed by atoms with van der Waals surface area (Å²) in [5.41, 5.74) is 0.897. The highest BCUT2D eigenvalue weighted by atomic mass is 35.5. The minimum Gasteiger partial charge on any atom is -0.350 e. The van der Waals surface area contributed by atoms with Gasteiger partial charge in [0.2, 0.25) is 0 Å². The molecule has 0 saturated carbocycles. The van der Waals surface area contributed by atoms with Crippen LogP contribution in [0.15, 0.2) is 42.5 Å². The zero-order valence-corrected chi connectivity index (χ0v) is 10.6. The van der Waals surface area contributed by atoms with Gasteiger partial charge in [-0.25, -0.2) is 0 Å². The van der Waals surface area contributed by atoms with Gasteiger partial charge in [0.1, 0.15) is 10.7 Å². The van der Waals surface area contributed by atoms with Crippen LogP contribution in [0, 0.1) is 10.1 Å². The molecule has 0 aromatic heterocycles. The quantitative estimate of drug-likeness (QED) is 0.659. The predicted octanol–water partition coefficient (Wildman–Crippen LogP) is 4.65. The number of hydrogen-bond acceptors (Lipinski definition) is 3. The summed E-state index contributed by atoms with van der Waals surface area (Å²) in [6, 6.07) is 11.6. The molecular formula is C12H8Cl2N2O2. The van der Waals surface area contributed by atoms with Crippen LogP contribution in [0.1, 0.15) is 0 Å². The number of rotatable bonds is 3. The Kier molecular flexibility index (Phi) is 3.69. The van der Waals surface area contributed by atoms with Gasteiger partial charge in [-0.3, -0.25) is 10.1 Å². The van der Waals surface area contributed by atoms with Crippen LogP contribution in [0.4, 0.5) is 17.1 Å². The Morgan fingerprint density at radius 1 is 1.06 bits per heavy atom. The van der Waals surface area contributed by atoms with Crippen molar-refractivity contribution in [3.8, 4) is 0 Å². The molecule has 0 heterocycles. The summed E-state index contributed by atoms with van der Waals surface area (Å²) in [5, 5.41) is 14.6. The fourth-order valence-electron chi connectivity index (χ4n) is 1.49. The van der Waals surface area contributed by atoms with Crippen LogP contribution in [0.5, 0.6) is 0 Å². The maximum Gasteiger partial charge on any atom is 0.311 e. The Morgan fingerprint density at radius 3 is 2.33 bits per heavy atom. The average Bonchev–Trinajstić information content (AvgIpc) is 2.32. The van der Waals surface area contributed by atoms with E-state index in [0.717, 1.165) is 0 Å². The van der Waals surface area contributed by atoms with Gasteiger partial charge >= 0.3 is 5.69 Å². The number of anilines is 2. The Morgan fingerprint density at radius 2 is 1.72 bits per heavy atom. The number of para-hydroxylation sites is 1. The molecule has 0 aliphatic carbocycles.